The molecule has 16 heavy (non-hydrogen) atoms. The van der Waals surface area contributed by atoms with Crippen LogP contribution >= 0.6 is 0 Å². The number of amides is 2. The van der Waals surface area contributed by atoms with E-state index in [9.17, 15) is 4.79 Å². The fraction of sp³-hybridized carbons (Fsp3) is 0.417. The molecule has 86 valence electrons. The van der Waals surface area contributed by atoms with E-state index in [0.29, 0.717) is 25.6 Å². The molecule has 1 heterocycles. The molecule has 1 unspecified atom stereocenters. The smallest absolute Gasteiger partial charge is 0.322 e. The van der Waals surface area contributed by atoms with Crippen LogP contribution in [0, 0.1) is 5.92 Å². The molecular formula is C12H17N3O. The fourth-order valence-electron chi connectivity index (χ4n) is 1.85. The Kier molecular flexibility index (Phi) is 3.10. The van der Waals surface area contributed by atoms with Gasteiger partial charge in [-0.05, 0) is 24.1 Å². The lowest BCUT2D eigenvalue weighted by Gasteiger charge is -2.31. The minimum atomic E-state index is -0.0287. The minimum Gasteiger partial charge on any atom is -0.330 e. The number of para-hydroxylation sites is 1. The molecule has 1 aliphatic heterocycles. The first-order chi connectivity index (χ1) is 7.70. The number of rotatable bonds is 3. The Morgan fingerprint density at radius 2 is 2.25 bits per heavy atom. The first kappa shape index (κ1) is 11.0. The summed E-state index contributed by atoms with van der Waals surface area (Å²) in [6, 6.07) is 7.85. The summed E-state index contributed by atoms with van der Waals surface area (Å²) in [5.74, 6) is 0.330. The van der Waals surface area contributed by atoms with Gasteiger partial charge in [0.25, 0.3) is 0 Å². The third-order valence-electron chi connectivity index (χ3n) is 2.84. The van der Waals surface area contributed by atoms with E-state index < -0.39 is 0 Å². The number of hydrogen-bond acceptors (Lipinski definition) is 2. The van der Waals surface area contributed by atoms with Gasteiger partial charge in [0, 0.05) is 18.8 Å². The highest BCUT2D eigenvalue weighted by molar-refractivity contribution is 5.92. The van der Waals surface area contributed by atoms with Crippen molar-refractivity contribution in [3.63, 3.8) is 0 Å². The van der Waals surface area contributed by atoms with E-state index in [1.54, 1.807) is 4.90 Å². The standard InChI is InChI=1S/C12H17N3O/c1-9(6-13)7-15-8-10-4-2-3-5-11(10)14-12(15)16/h2-5,9H,6-8,13H2,1H3,(H,14,16). The molecule has 0 bridgehead atoms. The van der Waals surface area contributed by atoms with Crippen LogP contribution in [0.4, 0.5) is 10.5 Å². The Morgan fingerprint density at radius 1 is 1.50 bits per heavy atom. The second-order valence-electron chi connectivity index (χ2n) is 4.31. The largest absolute Gasteiger partial charge is 0.330 e. The third kappa shape index (κ3) is 2.17. The van der Waals surface area contributed by atoms with Gasteiger partial charge in [0.05, 0.1) is 0 Å². The Morgan fingerprint density at radius 3 is 3.00 bits per heavy atom. The number of urea groups is 1. The second-order valence-corrected chi connectivity index (χ2v) is 4.31. The number of carbonyl (C=O) groups is 1. The minimum absolute atomic E-state index is 0.0287. The van der Waals surface area contributed by atoms with Crippen molar-refractivity contribution in [3.8, 4) is 0 Å². The average molecular weight is 219 g/mol. The van der Waals surface area contributed by atoms with E-state index in [-0.39, 0.29) is 6.03 Å². The van der Waals surface area contributed by atoms with Crippen molar-refractivity contribution in [2.75, 3.05) is 18.4 Å². The maximum Gasteiger partial charge on any atom is 0.322 e. The van der Waals surface area contributed by atoms with E-state index in [0.717, 1.165) is 11.3 Å². The van der Waals surface area contributed by atoms with E-state index in [1.807, 2.05) is 31.2 Å². The number of benzene rings is 1. The van der Waals surface area contributed by atoms with Gasteiger partial charge in [-0.1, -0.05) is 25.1 Å². The molecule has 4 heteroatoms. The number of hydrogen-bond donors (Lipinski definition) is 2. The summed E-state index contributed by atoms with van der Waals surface area (Å²) in [4.78, 5) is 13.6. The Hall–Kier alpha value is -1.55. The lowest BCUT2D eigenvalue weighted by Crippen LogP contribution is -2.42. The lowest BCUT2D eigenvalue weighted by atomic mass is 10.1. The third-order valence-corrected chi connectivity index (χ3v) is 2.84. The normalized spacial score (nSPS) is 16.6. The lowest BCUT2D eigenvalue weighted by molar-refractivity contribution is 0.198. The monoisotopic (exact) mass is 219 g/mol. The number of fused-ring (bicyclic) bond motifs is 1. The van der Waals surface area contributed by atoms with Crippen molar-refractivity contribution < 1.29 is 4.79 Å². The molecule has 0 saturated heterocycles. The topological polar surface area (TPSA) is 58.4 Å². The fourth-order valence-corrected chi connectivity index (χ4v) is 1.85. The molecule has 0 fully saturated rings. The summed E-state index contributed by atoms with van der Waals surface area (Å²) in [7, 11) is 0. The number of carbonyl (C=O) groups excluding carboxylic acids is 1. The summed E-state index contributed by atoms with van der Waals surface area (Å²) < 4.78 is 0. The molecule has 3 N–H and O–H groups in total. The van der Waals surface area contributed by atoms with Gasteiger partial charge in [-0.2, -0.15) is 0 Å². The van der Waals surface area contributed by atoms with Crippen LogP contribution < -0.4 is 11.1 Å². The summed E-state index contributed by atoms with van der Waals surface area (Å²) in [5, 5.41) is 2.89. The predicted octanol–water partition coefficient (Wildman–Crippen LogP) is 1.63. The van der Waals surface area contributed by atoms with Crippen LogP contribution in [0.2, 0.25) is 0 Å². The molecule has 1 aromatic rings. The predicted molar refractivity (Wildman–Crippen MR) is 64.1 cm³/mol. The van der Waals surface area contributed by atoms with Crippen LogP contribution in [0.15, 0.2) is 24.3 Å². The molecule has 0 spiro atoms. The second kappa shape index (κ2) is 4.53. The van der Waals surface area contributed by atoms with Crippen molar-refractivity contribution in [1.82, 2.24) is 4.90 Å². The maximum absolute atomic E-state index is 11.8. The molecule has 2 rings (SSSR count). The number of nitrogens with zero attached hydrogens (tertiary/aromatic N) is 1. The number of nitrogens with two attached hydrogens (primary N) is 1. The van der Waals surface area contributed by atoms with Gasteiger partial charge < -0.3 is 16.0 Å². The zero-order valence-corrected chi connectivity index (χ0v) is 9.44. The van der Waals surface area contributed by atoms with Crippen molar-refractivity contribution in [3.05, 3.63) is 29.8 Å². The summed E-state index contributed by atoms with van der Waals surface area (Å²) >= 11 is 0. The highest BCUT2D eigenvalue weighted by Crippen LogP contribution is 2.22. The van der Waals surface area contributed by atoms with Crippen molar-refractivity contribution in [2.45, 2.75) is 13.5 Å². The SMILES string of the molecule is CC(CN)CN1Cc2ccccc2NC1=O. The van der Waals surface area contributed by atoms with Crippen LogP contribution in [-0.2, 0) is 6.54 Å². The van der Waals surface area contributed by atoms with E-state index >= 15 is 0 Å². The molecule has 1 aliphatic rings. The highest BCUT2D eigenvalue weighted by atomic mass is 16.2. The average Bonchev–Trinajstić information content (AvgIpc) is 2.30. The summed E-state index contributed by atoms with van der Waals surface area (Å²) in [6.45, 7) is 4.03. The molecule has 0 saturated carbocycles. The summed E-state index contributed by atoms with van der Waals surface area (Å²) in [5.41, 5.74) is 7.65. The van der Waals surface area contributed by atoms with Crippen molar-refractivity contribution in [1.29, 1.82) is 0 Å². The maximum atomic E-state index is 11.8. The number of anilines is 1. The summed E-state index contributed by atoms with van der Waals surface area (Å²) in [6.07, 6.45) is 0. The molecule has 0 aromatic heterocycles. The van der Waals surface area contributed by atoms with Crippen molar-refractivity contribution >= 4 is 11.7 Å². The van der Waals surface area contributed by atoms with Crippen molar-refractivity contribution in [2.24, 2.45) is 11.7 Å². The quantitative estimate of drug-likeness (QED) is 0.811. The van der Waals surface area contributed by atoms with Crippen LogP contribution in [0.3, 0.4) is 0 Å². The van der Waals surface area contributed by atoms with Gasteiger partial charge >= 0.3 is 6.03 Å². The van der Waals surface area contributed by atoms with Gasteiger partial charge in [0.1, 0.15) is 0 Å². The van der Waals surface area contributed by atoms with Gasteiger partial charge in [0.15, 0.2) is 0 Å². The van der Waals surface area contributed by atoms with E-state index in [4.69, 9.17) is 5.73 Å². The first-order valence-corrected chi connectivity index (χ1v) is 5.54. The molecule has 0 radical (unpaired) electrons. The van der Waals surface area contributed by atoms with Crippen LogP contribution in [0.5, 0.6) is 0 Å². The molecule has 2 amide bonds. The van der Waals surface area contributed by atoms with Crippen LogP contribution in [0.1, 0.15) is 12.5 Å². The Bertz CT molecular complexity index is 392. The van der Waals surface area contributed by atoms with Crippen LogP contribution in [-0.4, -0.2) is 24.0 Å². The molecular weight excluding hydrogens is 202 g/mol. The van der Waals surface area contributed by atoms with Gasteiger partial charge in [-0.3, -0.25) is 0 Å². The highest BCUT2D eigenvalue weighted by Gasteiger charge is 2.22. The Balaban J connectivity index is 2.12. The van der Waals surface area contributed by atoms with Gasteiger partial charge in [0.2, 0.25) is 0 Å². The van der Waals surface area contributed by atoms with E-state index in [1.165, 1.54) is 0 Å². The number of nitrogens with one attached hydrogen (secondary N) is 1. The first-order valence-electron chi connectivity index (χ1n) is 5.54. The zero-order valence-electron chi connectivity index (χ0n) is 9.44. The Labute approximate surface area is 95.4 Å². The molecule has 4 nitrogen and oxygen atoms in total. The van der Waals surface area contributed by atoms with Crippen LogP contribution in [0.25, 0.3) is 0 Å². The van der Waals surface area contributed by atoms with Gasteiger partial charge in [-0.15, -0.1) is 0 Å². The van der Waals surface area contributed by atoms with E-state index in [2.05, 4.69) is 5.32 Å². The molecule has 1 atom stereocenters. The molecule has 1 aromatic carbocycles. The zero-order chi connectivity index (χ0) is 11.5. The molecule has 0 aliphatic carbocycles. The van der Waals surface area contributed by atoms with Gasteiger partial charge in [-0.25, -0.2) is 4.79 Å².